The molecule has 2 saturated heterocycles. The van der Waals surface area contributed by atoms with E-state index < -0.39 is 0 Å². The van der Waals surface area contributed by atoms with Gasteiger partial charge in [0, 0.05) is 56.3 Å². The largest absolute Gasteiger partial charge is 0.493 e. The van der Waals surface area contributed by atoms with Gasteiger partial charge in [-0.3, -0.25) is 14.6 Å². The summed E-state index contributed by atoms with van der Waals surface area (Å²) in [6.07, 6.45) is 3.52. The number of carbonyl (C=O) groups excluding carboxylic acids is 1. The highest BCUT2D eigenvalue weighted by Crippen LogP contribution is 2.34. The Bertz CT molecular complexity index is 926. The van der Waals surface area contributed by atoms with Crippen molar-refractivity contribution in [2.24, 2.45) is 0 Å². The van der Waals surface area contributed by atoms with Crippen LogP contribution in [0.2, 0.25) is 0 Å². The minimum Gasteiger partial charge on any atom is -0.493 e. The molecule has 8 heteroatoms. The molecule has 1 atom stereocenters. The first-order valence-corrected chi connectivity index (χ1v) is 12.9. The number of aromatic nitrogens is 1. The molecule has 2 aromatic rings. The van der Waals surface area contributed by atoms with Gasteiger partial charge in [-0.25, -0.2) is 4.98 Å². The molecule has 0 N–H and O–H groups in total. The third kappa shape index (κ3) is 6.05. The summed E-state index contributed by atoms with van der Waals surface area (Å²) < 4.78 is 11.1. The molecule has 0 aliphatic carbocycles. The highest BCUT2D eigenvalue weighted by molar-refractivity contribution is 7.13. The molecule has 1 aromatic carbocycles. The van der Waals surface area contributed by atoms with Gasteiger partial charge in [-0.2, -0.15) is 0 Å². The molecule has 0 radical (unpaired) electrons. The van der Waals surface area contributed by atoms with Gasteiger partial charge < -0.3 is 14.4 Å². The van der Waals surface area contributed by atoms with Gasteiger partial charge >= 0.3 is 0 Å². The Kier molecular flexibility index (Phi) is 8.22. The third-order valence-corrected chi connectivity index (χ3v) is 7.54. The van der Waals surface area contributed by atoms with E-state index in [4.69, 9.17) is 14.5 Å². The summed E-state index contributed by atoms with van der Waals surface area (Å²) in [6.45, 7) is 10.9. The summed E-state index contributed by atoms with van der Waals surface area (Å²) in [5.74, 6) is 1.79. The maximum absolute atomic E-state index is 12.7. The fraction of sp³-hybridized carbons (Fsp3) is 0.600. The SMILES string of the molecule is CCOc1ccc(-c2nc(CN3CCN(CC(=O)N4CCCCC4C)CC3)cs2)cc1OC. The fourth-order valence-electron chi connectivity index (χ4n) is 4.67. The number of likely N-dealkylation sites (tertiary alicyclic amines) is 1. The van der Waals surface area contributed by atoms with Crippen LogP contribution in [0.15, 0.2) is 23.6 Å². The summed E-state index contributed by atoms with van der Waals surface area (Å²) in [4.78, 5) is 24.4. The van der Waals surface area contributed by atoms with Crippen LogP contribution in [0.5, 0.6) is 11.5 Å². The summed E-state index contributed by atoms with van der Waals surface area (Å²) in [5, 5.41) is 3.14. The number of benzene rings is 1. The molecule has 2 fully saturated rings. The summed E-state index contributed by atoms with van der Waals surface area (Å²) >= 11 is 1.66. The van der Waals surface area contributed by atoms with Crippen molar-refractivity contribution in [1.82, 2.24) is 19.7 Å². The Morgan fingerprint density at radius 2 is 1.91 bits per heavy atom. The van der Waals surface area contributed by atoms with Gasteiger partial charge in [0.2, 0.25) is 5.91 Å². The molecule has 0 saturated carbocycles. The lowest BCUT2D eigenvalue weighted by Gasteiger charge is -2.37. The molecule has 33 heavy (non-hydrogen) atoms. The number of piperazine rings is 1. The van der Waals surface area contributed by atoms with E-state index >= 15 is 0 Å². The minimum atomic E-state index is 0.297. The van der Waals surface area contributed by atoms with E-state index in [1.807, 2.05) is 25.1 Å². The number of nitrogens with zero attached hydrogens (tertiary/aromatic N) is 4. The molecule has 1 aromatic heterocycles. The lowest BCUT2D eigenvalue weighted by molar-refractivity contribution is -0.136. The molecule has 1 unspecified atom stereocenters. The van der Waals surface area contributed by atoms with E-state index in [9.17, 15) is 4.79 Å². The lowest BCUT2D eigenvalue weighted by atomic mass is 10.0. The molecule has 2 aliphatic rings. The van der Waals surface area contributed by atoms with Crippen molar-refractivity contribution in [2.45, 2.75) is 45.7 Å². The Balaban J connectivity index is 1.28. The predicted molar refractivity (Wildman–Crippen MR) is 132 cm³/mol. The van der Waals surface area contributed by atoms with Crippen molar-refractivity contribution in [3.05, 3.63) is 29.3 Å². The van der Waals surface area contributed by atoms with E-state index in [0.717, 1.165) is 79.9 Å². The van der Waals surface area contributed by atoms with E-state index in [0.29, 0.717) is 25.1 Å². The van der Waals surface area contributed by atoms with Crippen LogP contribution in [0.1, 0.15) is 38.8 Å². The summed E-state index contributed by atoms with van der Waals surface area (Å²) in [6, 6.07) is 6.37. The number of ether oxygens (including phenoxy) is 2. The van der Waals surface area contributed by atoms with Crippen molar-refractivity contribution in [2.75, 3.05) is 53.0 Å². The normalized spacial score (nSPS) is 20.1. The fourth-order valence-corrected chi connectivity index (χ4v) is 5.48. The zero-order valence-corrected chi connectivity index (χ0v) is 20.9. The van der Waals surface area contributed by atoms with Crippen LogP contribution < -0.4 is 9.47 Å². The molecule has 7 nitrogen and oxygen atoms in total. The van der Waals surface area contributed by atoms with Crippen LogP contribution in [0, 0.1) is 0 Å². The number of carbonyl (C=O) groups is 1. The second-order valence-corrected chi connectivity index (χ2v) is 9.78. The quantitative estimate of drug-likeness (QED) is 0.584. The average molecular weight is 473 g/mol. The number of hydrogen-bond acceptors (Lipinski definition) is 7. The Labute approximate surface area is 201 Å². The molecule has 4 rings (SSSR count). The third-order valence-electron chi connectivity index (χ3n) is 6.59. The van der Waals surface area contributed by atoms with Crippen molar-refractivity contribution < 1.29 is 14.3 Å². The lowest BCUT2D eigenvalue weighted by Crippen LogP contribution is -2.51. The maximum Gasteiger partial charge on any atom is 0.236 e. The highest BCUT2D eigenvalue weighted by atomic mass is 32.1. The monoisotopic (exact) mass is 472 g/mol. The van der Waals surface area contributed by atoms with Crippen LogP contribution in [-0.4, -0.2) is 84.6 Å². The van der Waals surface area contributed by atoms with Crippen LogP contribution in [-0.2, 0) is 11.3 Å². The summed E-state index contributed by atoms with van der Waals surface area (Å²) in [5.41, 5.74) is 2.14. The first-order valence-electron chi connectivity index (χ1n) is 12.1. The van der Waals surface area contributed by atoms with Crippen LogP contribution >= 0.6 is 11.3 Å². The average Bonchev–Trinajstić information content (AvgIpc) is 3.29. The molecular formula is C25H36N4O3S. The number of thiazole rings is 1. The van der Waals surface area contributed by atoms with Gasteiger partial charge in [-0.15, -0.1) is 11.3 Å². The predicted octanol–water partition coefficient (Wildman–Crippen LogP) is 3.74. The van der Waals surface area contributed by atoms with Gasteiger partial charge in [0.05, 0.1) is 26.0 Å². The number of rotatable bonds is 8. The van der Waals surface area contributed by atoms with Crippen LogP contribution in [0.25, 0.3) is 10.6 Å². The Hall–Kier alpha value is -2.16. The molecule has 0 bridgehead atoms. The minimum absolute atomic E-state index is 0.297. The smallest absolute Gasteiger partial charge is 0.236 e. The van der Waals surface area contributed by atoms with E-state index in [1.54, 1.807) is 18.4 Å². The van der Waals surface area contributed by atoms with Gasteiger partial charge in [0.25, 0.3) is 0 Å². The van der Waals surface area contributed by atoms with Crippen LogP contribution in [0.3, 0.4) is 0 Å². The number of methoxy groups -OCH3 is 1. The second-order valence-electron chi connectivity index (χ2n) is 8.93. The standard InChI is InChI=1S/C25H36N4O3S/c1-4-32-22-9-8-20(15-23(22)31-3)25-26-21(18-33-25)16-27-11-13-28(14-12-27)17-24(30)29-10-6-5-7-19(29)2/h8-9,15,18-19H,4-7,10-14,16-17H2,1-3H3. The first kappa shape index (κ1) is 24.0. The van der Waals surface area contributed by atoms with E-state index in [1.165, 1.54) is 6.42 Å². The molecule has 2 aliphatic heterocycles. The van der Waals surface area contributed by atoms with Gasteiger partial charge in [0.1, 0.15) is 5.01 Å². The van der Waals surface area contributed by atoms with E-state index in [-0.39, 0.29) is 0 Å². The number of piperidine rings is 1. The van der Waals surface area contributed by atoms with Gasteiger partial charge in [0.15, 0.2) is 11.5 Å². The van der Waals surface area contributed by atoms with E-state index in [2.05, 4.69) is 27.0 Å². The molecule has 180 valence electrons. The Morgan fingerprint density at radius 1 is 1.12 bits per heavy atom. The van der Waals surface area contributed by atoms with Crippen molar-refractivity contribution in [3.8, 4) is 22.1 Å². The summed E-state index contributed by atoms with van der Waals surface area (Å²) in [7, 11) is 1.66. The zero-order chi connectivity index (χ0) is 23.2. The molecule has 0 spiro atoms. The molecule has 3 heterocycles. The van der Waals surface area contributed by atoms with Crippen molar-refractivity contribution >= 4 is 17.2 Å². The van der Waals surface area contributed by atoms with Gasteiger partial charge in [-0.05, 0) is 51.3 Å². The topological polar surface area (TPSA) is 58.1 Å². The van der Waals surface area contributed by atoms with Crippen molar-refractivity contribution in [1.29, 1.82) is 0 Å². The zero-order valence-electron chi connectivity index (χ0n) is 20.1. The first-order chi connectivity index (χ1) is 16.1. The molecular weight excluding hydrogens is 436 g/mol. The second kappa shape index (κ2) is 11.3. The van der Waals surface area contributed by atoms with Gasteiger partial charge in [-0.1, -0.05) is 0 Å². The highest BCUT2D eigenvalue weighted by Gasteiger charge is 2.26. The number of amides is 1. The number of hydrogen-bond donors (Lipinski definition) is 0. The Morgan fingerprint density at radius 3 is 2.64 bits per heavy atom. The molecule has 1 amide bonds. The maximum atomic E-state index is 12.7. The van der Waals surface area contributed by atoms with Crippen LogP contribution in [0.4, 0.5) is 0 Å². The van der Waals surface area contributed by atoms with Crippen molar-refractivity contribution in [3.63, 3.8) is 0 Å².